The average Bonchev–Trinajstić information content (AvgIpc) is 3.15. The number of rotatable bonds is 10. The maximum absolute atomic E-state index is 12.7. The second-order valence-corrected chi connectivity index (χ2v) is 10.6. The third-order valence-corrected chi connectivity index (χ3v) is 6.73. The lowest BCUT2D eigenvalue weighted by molar-refractivity contribution is -0.153. The van der Waals surface area contributed by atoms with Crippen molar-refractivity contribution in [1.82, 2.24) is 5.32 Å². The van der Waals surface area contributed by atoms with Gasteiger partial charge in [0.05, 0.1) is 5.60 Å². The number of benzene rings is 1. The van der Waals surface area contributed by atoms with E-state index in [9.17, 15) is 4.79 Å². The van der Waals surface area contributed by atoms with Crippen molar-refractivity contribution in [3.8, 4) is 0 Å². The van der Waals surface area contributed by atoms with Crippen LogP contribution in [0.15, 0.2) is 30.3 Å². The third kappa shape index (κ3) is 10.8. The molecule has 33 heavy (non-hydrogen) atoms. The van der Waals surface area contributed by atoms with Gasteiger partial charge in [0.25, 0.3) is 7.48 Å². The molecule has 1 saturated carbocycles. The molecule has 2 atom stereocenters. The molecule has 2 rings (SSSR count). The molecule has 3 N–H and O–H groups in total. The Morgan fingerprint density at radius 3 is 2.33 bits per heavy atom. The highest BCUT2D eigenvalue weighted by Gasteiger charge is 2.46. The molecule has 0 spiro atoms. The summed E-state index contributed by atoms with van der Waals surface area (Å²) in [5.74, 6) is -0.101. The molecule has 2 unspecified atom stereocenters. The number of nitrogens with one attached hydrogen (secondary N) is 1. The van der Waals surface area contributed by atoms with Crippen LogP contribution in [0.3, 0.4) is 0 Å². The van der Waals surface area contributed by atoms with Crippen LogP contribution in [0.2, 0.25) is 6.32 Å². The van der Waals surface area contributed by atoms with E-state index in [2.05, 4.69) is 17.9 Å². The van der Waals surface area contributed by atoms with E-state index in [1.165, 1.54) is 0 Å². The number of esters is 1. The van der Waals surface area contributed by atoms with Gasteiger partial charge >= 0.3 is 5.97 Å². The van der Waals surface area contributed by atoms with Crippen molar-refractivity contribution in [1.29, 1.82) is 0 Å². The van der Waals surface area contributed by atoms with E-state index in [-0.39, 0.29) is 28.8 Å². The Morgan fingerprint density at radius 1 is 1.21 bits per heavy atom. The molecule has 0 heterocycles. The normalized spacial score (nSPS) is 20.1. The average molecular weight is 480 g/mol. The Balaban J connectivity index is 0.00000189. The van der Waals surface area contributed by atoms with Gasteiger partial charge in [0.1, 0.15) is 12.1 Å². The second-order valence-electron chi connectivity index (χ2n) is 9.48. The molecular formula is C26H48BN2O3S. The summed E-state index contributed by atoms with van der Waals surface area (Å²) in [6.07, 6.45) is 5.33. The summed E-state index contributed by atoms with van der Waals surface area (Å²) in [5, 5.41) is 2.75. The predicted octanol–water partition coefficient (Wildman–Crippen LogP) is 5.41. The molecule has 1 aliphatic rings. The minimum absolute atomic E-state index is 0.165. The van der Waals surface area contributed by atoms with Crippen LogP contribution in [-0.2, 0) is 20.8 Å². The van der Waals surface area contributed by atoms with E-state index in [1.54, 1.807) is 0 Å². The summed E-state index contributed by atoms with van der Waals surface area (Å²) in [5.41, 5.74) is 6.30. The molecule has 0 aromatic heterocycles. The first-order valence-electron chi connectivity index (χ1n) is 12.3. The lowest BCUT2D eigenvalue weighted by atomic mass is 9.80. The number of thiol groups is 1. The van der Waals surface area contributed by atoms with Crippen LogP contribution in [-0.4, -0.2) is 43.4 Å². The second kappa shape index (κ2) is 15.8. The molecule has 5 nitrogen and oxygen atoms in total. The van der Waals surface area contributed by atoms with Gasteiger partial charge < -0.3 is 20.4 Å². The Morgan fingerprint density at radius 2 is 1.79 bits per heavy atom. The number of hydrogen-bond donors (Lipinski definition) is 3. The lowest BCUT2D eigenvalue weighted by Crippen LogP contribution is -2.52. The summed E-state index contributed by atoms with van der Waals surface area (Å²) >= 11 is 4.61. The van der Waals surface area contributed by atoms with Gasteiger partial charge in [0.15, 0.2) is 0 Å². The Bertz CT molecular complexity index is 653. The van der Waals surface area contributed by atoms with Gasteiger partial charge in [0.2, 0.25) is 0 Å². The van der Waals surface area contributed by atoms with Gasteiger partial charge in [-0.3, -0.25) is 4.79 Å². The zero-order valence-corrected chi connectivity index (χ0v) is 23.1. The first-order valence-corrected chi connectivity index (χ1v) is 12.7. The zero-order valence-electron chi connectivity index (χ0n) is 22.2. The number of carbonyl (C=O) groups is 1. The van der Waals surface area contributed by atoms with Crippen LogP contribution in [0.1, 0.15) is 79.2 Å². The van der Waals surface area contributed by atoms with Crippen LogP contribution in [0.4, 0.5) is 0 Å². The van der Waals surface area contributed by atoms with Gasteiger partial charge in [-0.15, -0.1) is 0 Å². The number of nitrogens with two attached hydrogens (primary N) is 1. The fourth-order valence-corrected chi connectivity index (χ4v) is 3.54. The number of ether oxygens (including phenoxy) is 1. The summed E-state index contributed by atoms with van der Waals surface area (Å²) < 4.78 is 11.2. The van der Waals surface area contributed by atoms with Crippen LogP contribution >= 0.6 is 12.6 Å². The molecule has 1 radical (unpaired) electrons. The molecule has 1 aliphatic carbocycles. The van der Waals surface area contributed by atoms with Crippen LogP contribution in [0.25, 0.3) is 0 Å². The van der Waals surface area contributed by atoms with E-state index in [1.807, 2.05) is 93.5 Å². The molecule has 189 valence electrons. The molecule has 1 aromatic rings. The fourth-order valence-electron chi connectivity index (χ4n) is 3.49. The molecule has 7 heteroatoms. The van der Waals surface area contributed by atoms with Gasteiger partial charge in [-0.05, 0) is 72.5 Å². The maximum atomic E-state index is 12.7. The molecule has 0 aliphatic heterocycles. The Hall–Kier alpha value is -1.02. The predicted molar refractivity (Wildman–Crippen MR) is 145 cm³/mol. The van der Waals surface area contributed by atoms with Gasteiger partial charge in [-0.1, -0.05) is 63.3 Å². The van der Waals surface area contributed by atoms with E-state index in [0.29, 0.717) is 6.42 Å². The SMILES string of the molecule is CC.CC(C)(S)C(C)(C)O[B]CCCC1CCCC1(N)C(=O)OCc1ccccc1.CNC. The summed E-state index contributed by atoms with van der Waals surface area (Å²) in [4.78, 5) is 12.7. The molecule has 0 bridgehead atoms. The monoisotopic (exact) mass is 479 g/mol. The summed E-state index contributed by atoms with van der Waals surface area (Å²) in [7, 11) is 5.62. The van der Waals surface area contributed by atoms with Crippen molar-refractivity contribution in [2.75, 3.05) is 14.1 Å². The van der Waals surface area contributed by atoms with Crippen molar-refractivity contribution in [3.63, 3.8) is 0 Å². The van der Waals surface area contributed by atoms with Gasteiger partial charge in [0, 0.05) is 4.75 Å². The molecule has 1 fully saturated rings. The maximum Gasteiger partial charge on any atom is 0.326 e. The van der Waals surface area contributed by atoms with Crippen molar-refractivity contribution in [2.45, 2.75) is 102 Å². The van der Waals surface area contributed by atoms with Crippen LogP contribution < -0.4 is 11.1 Å². The smallest absolute Gasteiger partial charge is 0.326 e. The van der Waals surface area contributed by atoms with Crippen molar-refractivity contribution in [2.24, 2.45) is 11.7 Å². The Kier molecular flexibility index (Phi) is 15.3. The van der Waals surface area contributed by atoms with Gasteiger partial charge in [-0.2, -0.15) is 12.6 Å². The molecule has 0 amide bonds. The first-order chi connectivity index (χ1) is 15.5. The molecule has 0 saturated heterocycles. The first kappa shape index (κ1) is 32.0. The van der Waals surface area contributed by atoms with Gasteiger partial charge in [-0.25, -0.2) is 0 Å². The topological polar surface area (TPSA) is 73.6 Å². The highest BCUT2D eigenvalue weighted by atomic mass is 32.1. The Labute approximate surface area is 209 Å². The third-order valence-electron chi connectivity index (χ3n) is 6.19. The highest BCUT2D eigenvalue weighted by Crippen LogP contribution is 2.38. The summed E-state index contributed by atoms with van der Waals surface area (Å²) in [6, 6.07) is 9.73. The zero-order chi connectivity index (χ0) is 25.5. The van der Waals surface area contributed by atoms with E-state index >= 15 is 0 Å². The van der Waals surface area contributed by atoms with Crippen LogP contribution in [0.5, 0.6) is 0 Å². The molecular weight excluding hydrogens is 431 g/mol. The summed E-state index contributed by atoms with van der Waals surface area (Å²) in [6.45, 7) is 12.5. The van der Waals surface area contributed by atoms with Crippen LogP contribution in [0, 0.1) is 5.92 Å². The quantitative estimate of drug-likeness (QED) is 0.181. The lowest BCUT2D eigenvalue weighted by Gasteiger charge is -2.38. The van der Waals surface area contributed by atoms with E-state index in [4.69, 9.17) is 15.1 Å². The van der Waals surface area contributed by atoms with Crippen molar-refractivity contribution < 1.29 is 14.2 Å². The molecule has 1 aromatic carbocycles. The minimum atomic E-state index is -0.859. The minimum Gasteiger partial charge on any atom is -0.459 e. The number of carbonyl (C=O) groups excluding carboxylic acids is 1. The standard InChI is InChI=1S/C22H35BNO3S.C2H7N.C2H6/c1-20(2,21(3,4)28)27-23-15-9-13-18-12-8-14-22(18,24)19(25)26-16-17-10-6-5-7-11-17;1-3-2;1-2/h5-7,10-11,18,28H,8-9,12-16,24H2,1-4H3;3H,1-2H3;1-2H3. The van der Waals surface area contributed by atoms with Crippen molar-refractivity contribution in [3.05, 3.63) is 35.9 Å². The highest BCUT2D eigenvalue weighted by molar-refractivity contribution is 7.81. The van der Waals surface area contributed by atoms with E-state index < -0.39 is 5.54 Å². The van der Waals surface area contributed by atoms with E-state index in [0.717, 1.165) is 37.6 Å². The largest absolute Gasteiger partial charge is 0.459 e. The van der Waals surface area contributed by atoms with Crippen molar-refractivity contribution >= 4 is 26.1 Å². The fraction of sp³-hybridized carbons (Fsp3) is 0.731. The number of hydrogen-bond acceptors (Lipinski definition) is 6.